The van der Waals surface area contributed by atoms with Crippen molar-refractivity contribution in [3.8, 4) is 0 Å². The summed E-state index contributed by atoms with van der Waals surface area (Å²) in [7, 11) is 0. The van der Waals surface area contributed by atoms with Crippen molar-refractivity contribution in [1.82, 2.24) is 5.32 Å². The first-order valence-corrected chi connectivity index (χ1v) is 5.05. The van der Waals surface area contributed by atoms with Crippen LogP contribution in [0.2, 0.25) is 0 Å². The summed E-state index contributed by atoms with van der Waals surface area (Å²) in [6.07, 6.45) is 3.34. The molecule has 0 aromatic heterocycles. The van der Waals surface area contributed by atoms with Crippen LogP contribution >= 0.6 is 0 Å². The molecule has 0 aromatic carbocycles. The third kappa shape index (κ3) is 0.628. The smallest absolute Gasteiger partial charge is 0.408 e. The number of rotatable bonds is 0. The van der Waals surface area contributed by atoms with E-state index in [0.717, 1.165) is 18.8 Å². The summed E-state index contributed by atoms with van der Waals surface area (Å²) in [5.74, 6) is 0.734. The van der Waals surface area contributed by atoms with Gasteiger partial charge in [-0.3, -0.25) is 0 Å². The minimum Gasteiger partial charge on any atom is -0.444 e. The molecule has 3 fully saturated rings. The third-order valence-corrected chi connectivity index (χ3v) is 4.68. The lowest BCUT2D eigenvalue weighted by Crippen LogP contribution is -2.52. The molecule has 3 atom stereocenters. The number of nitrogens with one attached hydrogen (secondary N) is 1. The molecule has 2 bridgehead atoms. The van der Waals surface area contributed by atoms with Crippen molar-refractivity contribution < 1.29 is 9.53 Å². The van der Waals surface area contributed by atoms with E-state index in [4.69, 9.17) is 4.74 Å². The molecule has 1 heterocycles. The fourth-order valence-electron chi connectivity index (χ4n) is 3.69. The molecule has 2 saturated carbocycles. The first-order valence-electron chi connectivity index (χ1n) is 5.05. The molecule has 1 saturated heterocycles. The Hall–Kier alpha value is -0.730. The zero-order valence-electron chi connectivity index (χ0n) is 8.09. The average molecular weight is 181 g/mol. The van der Waals surface area contributed by atoms with Crippen LogP contribution in [0, 0.1) is 11.3 Å². The molecule has 1 aliphatic heterocycles. The van der Waals surface area contributed by atoms with E-state index in [1.165, 1.54) is 6.42 Å². The number of ether oxygens (including phenoxy) is 1. The van der Waals surface area contributed by atoms with Gasteiger partial charge in [-0.05, 0) is 30.6 Å². The van der Waals surface area contributed by atoms with Crippen LogP contribution in [-0.4, -0.2) is 17.7 Å². The second-order valence-corrected chi connectivity index (χ2v) is 5.18. The first-order chi connectivity index (χ1) is 6.06. The Bertz CT molecular complexity index is 287. The van der Waals surface area contributed by atoms with Crippen LogP contribution in [-0.2, 0) is 4.74 Å². The molecule has 0 unspecified atom stereocenters. The van der Waals surface area contributed by atoms with Gasteiger partial charge in [-0.15, -0.1) is 0 Å². The Balaban J connectivity index is 2.09. The molecule has 1 spiro atoms. The van der Waals surface area contributed by atoms with Crippen LogP contribution in [0.3, 0.4) is 0 Å². The molecule has 2 aliphatic carbocycles. The van der Waals surface area contributed by atoms with Gasteiger partial charge in [0.1, 0.15) is 6.10 Å². The molecular formula is C10H15NO2. The van der Waals surface area contributed by atoms with Gasteiger partial charge in [0, 0.05) is 0 Å². The highest BCUT2D eigenvalue weighted by molar-refractivity contribution is 5.72. The number of carbonyl (C=O) groups excluding carboxylic acids is 1. The number of carbonyl (C=O) groups is 1. The summed E-state index contributed by atoms with van der Waals surface area (Å²) in [5.41, 5.74) is 0.193. The first kappa shape index (κ1) is 7.65. The lowest BCUT2D eigenvalue weighted by Gasteiger charge is -2.35. The monoisotopic (exact) mass is 181 g/mol. The second-order valence-electron chi connectivity index (χ2n) is 5.18. The topological polar surface area (TPSA) is 38.3 Å². The molecule has 3 nitrogen and oxygen atoms in total. The average Bonchev–Trinajstić information content (AvgIpc) is 2.55. The van der Waals surface area contributed by atoms with Crippen molar-refractivity contribution in [2.45, 2.75) is 44.8 Å². The van der Waals surface area contributed by atoms with Crippen LogP contribution < -0.4 is 5.32 Å². The van der Waals surface area contributed by atoms with E-state index in [0.29, 0.717) is 0 Å². The zero-order valence-corrected chi connectivity index (χ0v) is 8.09. The highest BCUT2D eigenvalue weighted by Gasteiger charge is 2.69. The maximum absolute atomic E-state index is 11.2. The van der Waals surface area contributed by atoms with Crippen molar-refractivity contribution in [1.29, 1.82) is 0 Å². The summed E-state index contributed by atoms with van der Waals surface area (Å²) in [6.45, 7) is 4.53. The molecule has 13 heavy (non-hydrogen) atoms. The minimum atomic E-state index is -0.210. The lowest BCUT2D eigenvalue weighted by atomic mass is 9.76. The van der Waals surface area contributed by atoms with Gasteiger partial charge in [0.05, 0.1) is 5.54 Å². The largest absolute Gasteiger partial charge is 0.444 e. The van der Waals surface area contributed by atoms with Crippen molar-refractivity contribution >= 4 is 6.09 Å². The Morgan fingerprint density at radius 2 is 2.31 bits per heavy atom. The van der Waals surface area contributed by atoms with Crippen molar-refractivity contribution in [2.75, 3.05) is 0 Å². The molecule has 3 rings (SSSR count). The number of hydrogen-bond donors (Lipinski definition) is 1. The predicted octanol–water partition coefficient (Wildman–Crippen LogP) is 1.67. The summed E-state index contributed by atoms with van der Waals surface area (Å²) in [6, 6.07) is 0. The normalized spacial score (nSPS) is 50.2. The molecule has 1 amide bonds. The highest BCUT2D eigenvalue weighted by Crippen LogP contribution is 2.62. The van der Waals surface area contributed by atoms with Crippen LogP contribution in [0.15, 0.2) is 0 Å². The molecule has 1 N–H and O–H groups in total. The number of hydrogen-bond acceptors (Lipinski definition) is 2. The maximum atomic E-state index is 11.2. The van der Waals surface area contributed by atoms with Gasteiger partial charge in [-0.2, -0.15) is 0 Å². The Morgan fingerprint density at radius 1 is 1.54 bits per heavy atom. The number of amides is 1. The molecule has 3 heteroatoms. The predicted molar refractivity (Wildman–Crippen MR) is 47.3 cm³/mol. The van der Waals surface area contributed by atoms with E-state index in [-0.39, 0.29) is 23.2 Å². The maximum Gasteiger partial charge on any atom is 0.408 e. The van der Waals surface area contributed by atoms with E-state index in [1.807, 2.05) is 0 Å². The summed E-state index contributed by atoms with van der Waals surface area (Å²) in [5, 5.41) is 3.05. The Morgan fingerprint density at radius 3 is 2.92 bits per heavy atom. The van der Waals surface area contributed by atoms with Crippen molar-refractivity contribution in [3.63, 3.8) is 0 Å². The van der Waals surface area contributed by atoms with E-state index >= 15 is 0 Å². The lowest BCUT2D eigenvalue weighted by molar-refractivity contribution is 0.0987. The quantitative estimate of drug-likeness (QED) is 0.617. The number of alkyl carbamates (subject to hydrolysis) is 1. The molecule has 72 valence electrons. The second kappa shape index (κ2) is 1.86. The van der Waals surface area contributed by atoms with Gasteiger partial charge < -0.3 is 10.1 Å². The van der Waals surface area contributed by atoms with Gasteiger partial charge in [0.25, 0.3) is 0 Å². The van der Waals surface area contributed by atoms with Gasteiger partial charge in [0.2, 0.25) is 0 Å². The summed E-state index contributed by atoms with van der Waals surface area (Å²) >= 11 is 0. The fraction of sp³-hybridized carbons (Fsp3) is 0.900. The Labute approximate surface area is 77.8 Å². The molecule has 0 aromatic rings. The van der Waals surface area contributed by atoms with Gasteiger partial charge >= 0.3 is 6.09 Å². The molecular weight excluding hydrogens is 166 g/mol. The highest BCUT2D eigenvalue weighted by atomic mass is 16.6. The Kier molecular flexibility index (Phi) is 1.10. The fourth-order valence-corrected chi connectivity index (χ4v) is 3.69. The van der Waals surface area contributed by atoms with Gasteiger partial charge in [-0.1, -0.05) is 13.8 Å². The summed E-state index contributed by atoms with van der Waals surface area (Å²) < 4.78 is 5.30. The van der Waals surface area contributed by atoms with Crippen molar-refractivity contribution in [2.24, 2.45) is 11.3 Å². The van der Waals surface area contributed by atoms with E-state index in [2.05, 4.69) is 19.2 Å². The van der Waals surface area contributed by atoms with Gasteiger partial charge in [0.15, 0.2) is 0 Å². The van der Waals surface area contributed by atoms with Crippen LogP contribution in [0.1, 0.15) is 33.1 Å². The van der Waals surface area contributed by atoms with Crippen molar-refractivity contribution in [3.05, 3.63) is 0 Å². The molecule has 3 aliphatic rings. The summed E-state index contributed by atoms with van der Waals surface area (Å²) in [4.78, 5) is 11.2. The minimum absolute atomic E-state index is 0.0330. The zero-order chi connectivity index (χ0) is 9.27. The van der Waals surface area contributed by atoms with E-state index < -0.39 is 0 Å². The van der Waals surface area contributed by atoms with Gasteiger partial charge in [-0.25, -0.2) is 4.79 Å². The SMILES string of the molecule is CC1(C)[C@@H]2CC[C@@]13NC(=O)O[C@@H]3C2. The number of fused-ring (bicyclic) bond motifs is 1. The standard InChI is InChI=1S/C10H15NO2/c1-9(2)6-3-4-10(9)7(5-6)13-8(12)11-10/h6-7H,3-5H2,1-2H3,(H,11,12)/t6-,7-,10+/m1/s1. The van der Waals surface area contributed by atoms with Crippen LogP contribution in [0.25, 0.3) is 0 Å². The van der Waals surface area contributed by atoms with E-state index in [9.17, 15) is 4.79 Å². The van der Waals surface area contributed by atoms with Crippen LogP contribution in [0.4, 0.5) is 4.79 Å². The van der Waals surface area contributed by atoms with Crippen LogP contribution in [0.5, 0.6) is 0 Å². The molecule has 0 radical (unpaired) electrons. The van der Waals surface area contributed by atoms with E-state index in [1.54, 1.807) is 0 Å². The third-order valence-electron chi connectivity index (χ3n) is 4.68.